The molecular formula is C14H29NO3S. The normalized spacial score (nSPS) is 25.6. The average molecular weight is 291 g/mol. The molecule has 1 saturated heterocycles. The van der Waals surface area contributed by atoms with Crippen LogP contribution in [0, 0.1) is 5.92 Å². The SMILES string of the molecule is CCCNC(CCCS(=O)(=O)CC)C1OCCC1C. The van der Waals surface area contributed by atoms with Crippen molar-refractivity contribution in [2.45, 2.75) is 58.6 Å². The fraction of sp³-hybridized carbons (Fsp3) is 1.00. The van der Waals surface area contributed by atoms with E-state index in [4.69, 9.17) is 4.74 Å². The molecule has 1 N–H and O–H groups in total. The molecule has 0 saturated carbocycles. The van der Waals surface area contributed by atoms with Gasteiger partial charge in [0.2, 0.25) is 0 Å². The van der Waals surface area contributed by atoms with Gasteiger partial charge in [0.15, 0.2) is 0 Å². The monoisotopic (exact) mass is 291 g/mol. The van der Waals surface area contributed by atoms with Gasteiger partial charge in [-0.05, 0) is 38.1 Å². The van der Waals surface area contributed by atoms with Gasteiger partial charge in [0, 0.05) is 18.4 Å². The molecule has 0 bridgehead atoms. The lowest BCUT2D eigenvalue weighted by Gasteiger charge is -2.27. The topological polar surface area (TPSA) is 55.4 Å². The zero-order chi connectivity index (χ0) is 14.3. The van der Waals surface area contributed by atoms with Crippen molar-refractivity contribution in [2.75, 3.05) is 24.7 Å². The van der Waals surface area contributed by atoms with Crippen LogP contribution in [0.2, 0.25) is 0 Å². The summed E-state index contributed by atoms with van der Waals surface area (Å²) in [6, 6.07) is 0.296. The highest BCUT2D eigenvalue weighted by atomic mass is 32.2. The van der Waals surface area contributed by atoms with E-state index in [1.54, 1.807) is 6.92 Å². The molecule has 114 valence electrons. The zero-order valence-electron chi connectivity index (χ0n) is 12.5. The molecule has 0 spiro atoms. The van der Waals surface area contributed by atoms with Crippen LogP contribution in [0.25, 0.3) is 0 Å². The van der Waals surface area contributed by atoms with E-state index in [1.807, 2.05) is 0 Å². The molecule has 0 radical (unpaired) electrons. The highest BCUT2D eigenvalue weighted by Crippen LogP contribution is 2.25. The summed E-state index contributed by atoms with van der Waals surface area (Å²) < 4.78 is 28.9. The van der Waals surface area contributed by atoms with Gasteiger partial charge in [0.25, 0.3) is 0 Å². The van der Waals surface area contributed by atoms with Crippen LogP contribution in [-0.2, 0) is 14.6 Å². The van der Waals surface area contributed by atoms with Crippen LogP contribution >= 0.6 is 0 Å². The molecular weight excluding hydrogens is 262 g/mol. The van der Waals surface area contributed by atoms with Crippen molar-refractivity contribution in [3.8, 4) is 0 Å². The minimum Gasteiger partial charge on any atom is -0.376 e. The Balaban J connectivity index is 2.45. The largest absolute Gasteiger partial charge is 0.376 e. The molecule has 1 heterocycles. The first-order valence-corrected chi connectivity index (χ1v) is 9.37. The third-order valence-corrected chi connectivity index (χ3v) is 5.70. The molecule has 19 heavy (non-hydrogen) atoms. The van der Waals surface area contributed by atoms with E-state index in [1.165, 1.54) is 0 Å². The molecule has 0 aromatic carbocycles. The zero-order valence-corrected chi connectivity index (χ0v) is 13.3. The summed E-state index contributed by atoms with van der Waals surface area (Å²) in [5.41, 5.74) is 0. The Morgan fingerprint density at radius 1 is 1.37 bits per heavy atom. The first kappa shape index (κ1) is 16.9. The van der Waals surface area contributed by atoms with Crippen LogP contribution in [0.5, 0.6) is 0 Å². The number of hydrogen-bond donors (Lipinski definition) is 1. The second kappa shape index (κ2) is 8.22. The summed E-state index contributed by atoms with van der Waals surface area (Å²) in [5, 5.41) is 3.53. The maximum Gasteiger partial charge on any atom is 0.150 e. The minimum atomic E-state index is -2.84. The van der Waals surface area contributed by atoms with Crippen LogP contribution in [0.15, 0.2) is 0 Å². The highest BCUT2D eigenvalue weighted by molar-refractivity contribution is 7.91. The Labute approximate surface area is 118 Å². The van der Waals surface area contributed by atoms with Crippen LogP contribution in [-0.4, -0.2) is 45.2 Å². The Bertz CT molecular complexity index is 343. The fourth-order valence-electron chi connectivity index (χ4n) is 2.61. The van der Waals surface area contributed by atoms with E-state index < -0.39 is 9.84 Å². The molecule has 0 aromatic rings. The van der Waals surface area contributed by atoms with Gasteiger partial charge in [0.05, 0.1) is 11.9 Å². The molecule has 4 nitrogen and oxygen atoms in total. The van der Waals surface area contributed by atoms with E-state index in [0.717, 1.165) is 38.8 Å². The maximum absolute atomic E-state index is 11.5. The quantitative estimate of drug-likeness (QED) is 0.706. The number of ether oxygens (including phenoxy) is 1. The molecule has 0 amide bonds. The van der Waals surface area contributed by atoms with Crippen LogP contribution in [0.3, 0.4) is 0 Å². The van der Waals surface area contributed by atoms with Crippen molar-refractivity contribution in [1.82, 2.24) is 5.32 Å². The van der Waals surface area contributed by atoms with Gasteiger partial charge in [-0.1, -0.05) is 20.8 Å². The van der Waals surface area contributed by atoms with E-state index in [9.17, 15) is 8.42 Å². The van der Waals surface area contributed by atoms with E-state index >= 15 is 0 Å². The van der Waals surface area contributed by atoms with Crippen molar-refractivity contribution >= 4 is 9.84 Å². The molecule has 1 fully saturated rings. The molecule has 5 heteroatoms. The predicted molar refractivity (Wildman–Crippen MR) is 79.2 cm³/mol. The molecule has 3 atom stereocenters. The minimum absolute atomic E-state index is 0.246. The molecule has 0 aliphatic carbocycles. The second-order valence-corrected chi connectivity index (χ2v) is 8.01. The van der Waals surface area contributed by atoms with Crippen molar-refractivity contribution in [1.29, 1.82) is 0 Å². The summed E-state index contributed by atoms with van der Waals surface area (Å²) >= 11 is 0. The first-order valence-electron chi connectivity index (χ1n) is 7.55. The summed E-state index contributed by atoms with van der Waals surface area (Å²) in [6.07, 6.45) is 4.06. The van der Waals surface area contributed by atoms with Crippen molar-refractivity contribution in [2.24, 2.45) is 5.92 Å². The van der Waals surface area contributed by atoms with Crippen LogP contribution in [0.1, 0.15) is 46.5 Å². The fourth-order valence-corrected chi connectivity index (χ4v) is 3.51. The summed E-state index contributed by atoms with van der Waals surface area (Å²) in [7, 11) is -2.84. The average Bonchev–Trinajstić information content (AvgIpc) is 2.80. The van der Waals surface area contributed by atoms with E-state index in [0.29, 0.717) is 17.7 Å². The number of rotatable bonds is 9. The lowest BCUT2D eigenvalue weighted by atomic mass is 9.94. The summed E-state index contributed by atoms with van der Waals surface area (Å²) in [4.78, 5) is 0. The standard InChI is InChI=1S/C14H29NO3S/c1-4-9-15-13(14-12(3)8-10-18-14)7-6-11-19(16,17)5-2/h12-15H,4-11H2,1-3H3. The molecule has 3 unspecified atom stereocenters. The van der Waals surface area contributed by atoms with Gasteiger partial charge in [-0.15, -0.1) is 0 Å². The summed E-state index contributed by atoms with van der Waals surface area (Å²) in [6.45, 7) is 7.89. The van der Waals surface area contributed by atoms with Crippen LogP contribution in [0.4, 0.5) is 0 Å². The van der Waals surface area contributed by atoms with E-state index in [2.05, 4.69) is 19.2 Å². The van der Waals surface area contributed by atoms with Crippen molar-refractivity contribution in [3.05, 3.63) is 0 Å². The second-order valence-electron chi connectivity index (χ2n) is 5.54. The van der Waals surface area contributed by atoms with Gasteiger partial charge in [-0.25, -0.2) is 8.42 Å². The lowest BCUT2D eigenvalue weighted by Crippen LogP contribution is -2.42. The Kier molecular flexibility index (Phi) is 7.32. The van der Waals surface area contributed by atoms with Gasteiger partial charge >= 0.3 is 0 Å². The first-order chi connectivity index (χ1) is 9.00. The third kappa shape index (κ3) is 5.79. The van der Waals surface area contributed by atoms with E-state index in [-0.39, 0.29) is 11.9 Å². The number of hydrogen-bond acceptors (Lipinski definition) is 4. The van der Waals surface area contributed by atoms with Crippen LogP contribution < -0.4 is 5.32 Å². The van der Waals surface area contributed by atoms with Gasteiger partial charge in [-0.2, -0.15) is 0 Å². The number of nitrogens with one attached hydrogen (secondary N) is 1. The van der Waals surface area contributed by atoms with Crippen molar-refractivity contribution in [3.63, 3.8) is 0 Å². The number of sulfone groups is 1. The third-order valence-electron chi connectivity index (χ3n) is 3.91. The predicted octanol–water partition coefficient (Wildman–Crippen LogP) is 1.99. The Morgan fingerprint density at radius 3 is 2.63 bits per heavy atom. The lowest BCUT2D eigenvalue weighted by molar-refractivity contribution is 0.0581. The highest BCUT2D eigenvalue weighted by Gasteiger charge is 2.31. The van der Waals surface area contributed by atoms with Crippen molar-refractivity contribution < 1.29 is 13.2 Å². The molecule has 1 aliphatic rings. The smallest absolute Gasteiger partial charge is 0.150 e. The molecule has 0 aromatic heterocycles. The Morgan fingerprint density at radius 2 is 2.11 bits per heavy atom. The van der Waals surface area contributed by atoms with Gasteiger partial charge in [-0.3, -0.25) is 0 Å². The maximum atomic E-state index is 11.5. The summed E-state index contributed by atoms with van der Waals surface area (Å²) in [5.74, 6) is 1.11. The Hall–Kier alpha value is -0.130. The van der Waals surface area contributed by atoms with Gasteiger partial charge in [0.1, 0.15) is 9.84 Å². The molecule has 1 rings (SSSR count). The van der Waals surface area contributed by atoms with Gasteiger partial charge < -0.3 is 10.1 Å². The molecule has 1 aliphatic heterocycles.